The van der Waals surface area contributed by atoms with Crippen LogP contribution < -0.4 is 9.62 Å². The van der Waals surface area contributed by atoms with Crippen LogP contribution in [0.4, 0.5) is 17.1 Å². The van der Waals surface area contributed by atoms with Crippen molar-refractivity contribution in [1.82, 2.24) is 14.6 Å². The van der Waals surface area contributed by atoms with Crippen LogP contribution in [0.25, 0.3) is 33.0 Å². The molecular weight excluding hydrogens is 715 g/mol. The number of nitrogens with one attached hydrogen (secondary N) is 2. The number of aromatic amines is 1. The summed E-state index contributed by atoms with van der Waals surface area (Å²) in [5.41, 5.74) is 3.69. The monoisotopic (exact) mass is 747 g/mol. The summed E-state index contributed by atoms with van der Waals surface area (Å²) in [5, 5.41) is 33.7. The molecule has 0 saturated carbocycles. The summed E-state index contributed by atoms with van der Waals surface area (Å²) >= 11 is 0. The number of anilines is 1. The molecule has 1 aliphatic rings. The molecule has 0 radical (unpaired) electrons. The van der Waals surface area contributed by atoms with Gasteiger partial charge in [0, 0.05) is 84.2 Å². The van der Waals surface area contributed by atoms with Crippen molar-refractivity contribution < 1.29 is 27.5 Å². The van der Waals surface area contributed by atoms with Gasteiger partial charge in [0.15, 0.2) is 0 Å². The molecule has 15 nitrogen and oxygen atoms in total. The summed E-state index contributed by atoms with van der Waals surface area (Å²) in [6.45, 7) is 4.04. The van der Waals surface area contributed by atoms with Crippen LogP contribution in [-0.2, 0) is 16.4 Å². The van der Waals surface area contributed by atoms with E-state index in [0.29, 0.717) is 10.9 Å². The fraction of sp³-hybridized carbons (Fsp3) is 0.211. The van der Waals surface area contributed by atoms with Gasteiger partial charge in [0.2, 0.25) is 5.76 Å². The maximum atomic E-state index is 13.6. The third-order valence-corrected chi connectivity index (χ3v) is 10.9. The summed E-state index contributed by atoms with van der Waals surface area (Å²) in [5.74, 6) is -1.54. The van der Waals surface area contributed by atoms with Crippen molar-refractivity contribution in [2.75, 3.05) is 37.6 Å². The van der Waals surface area contributed by atoms with E-state index in [-0.39, 0.29) is 28.2 Å². The van der Waals surface area contributed by atoms with Gasteiger partial charge in [-0.2, -0.15) is 5.26 Å². The lowest BCUT2D eigenvalue weighted by Gasteiger charge is -2.36. The number of nitro benzene ring substituents is 2. The Hall–Kier alpha value is -6.57. The first kappa shape index (κ1) is 35.8. The number of carbonyl (C=O) groups excluding carboxylic acids is 1. The van der Waals surface area contributed by atoms with Crippen LogP contribution in [0.15, 0.2) is 100 Å². The molecular formula is C38H33N7O8S. The van der Waals surface area contributed by atoms with E-state index < -0.39 is 36.4 Å². The summed E-state index contributed by atoms with van der Waals surface area (Å²) < 4.78 is 34.2. The van der Waals surface area contributed by atoms with E-state index in [4.69, 9.17) is 4.42 Å². The Balaban J connectivity index is 1.08. The van der Waals surface area contributed by atoms with E-state index >= 15 is 0 Å². The van der Waals surface area contributed by atoms with Crippen LogP contribution >= 0.6 is 0 Å². The number of fused-ring (bicyclic) bond motifs is 2. The normalized spacial score (nSPS) is 13.6. The number of rotatable bonds is 12. The average Bonchev–Trinajstić information content (AvgIpc) is 3.77. The highest BCUT2D eigenvalue weighted by atomic mass is 32.2. The standard InChI is InChI=1S/C38H33N7O8S/c39-23-25-10-12-34-32(19-25)27(24-40-34)5-1-2-14-42-15-17-43(18-16-42)28-11-13-35-33(22-28)36(26-6-3-7-29(20-26)44(47)48)37(53-35)38(46)41-54(51,52)31-9-4-8-30(21-31)45(49)50/h3-4,6-13,19-22,24,40H,1-2,5,14-18H2,(H,41,46). The molecule has 1 amide bonds. The predicted molar refractivity (Wildman–Crippen MR) is 201 cm³/mol. The largest absolute Gasteiger partial charge is 0.450 e. The molecule has 0 bridgehead atoms. The van der Waals surface area contributed by atoms with Crippen LogP contribution in [-0.4, -0.2) is 66.8 Å². The number of aromatic nitrogens is 1. The van der Waals surface area contributed by atoms with E-state index in [2.05, 4.69) is 20.9 Å². The molecule has 2 aromatic heterocycles. The van der Waals surface area contributed by atoms with Gasteiger partial charge in [-0.25, -0.2) is 13.1 Å². The zero-order valence-electron chi connectivity index (χ0n) is 28.7. The molecule has 6 aromatic rings. The fourth-order valence-corrected chi connectivity index (χ4v) is 7.82. The molecule has 1 aliphatic heterocycles. The Morgan fingerprint density at radius 2 is 1.63 bits per heavy atom. The molecule has 274 valence electrons. The lowest BCUT2D eigenvalue weighted by Crippen LogP contribution is -2.46. The first-order valence-corrected chi connectivity index (χ1v) is 18.6. The van der Waals surface area contributed by atoms with Crippen molar-refractivity contribution in [3.63, 3.8) is 0 Å². The fourth-order valence-electron chi connectivity index (χ4n) is 6.83. The molecule has 0 unspecified atom stereocenters. The molecule has 16 heteroatoms. The van der Waals surface area contributed by atoms with Gasteiger partial charge >= 0.3 is 5.91 Å². The van der Waals surface area contributed by atoms with Crippen LogP contribution in [0.3, 0.4) is 0 Å². The van der Waals surface area contributed by atoms with E-state index in [1.54, 1.807) is 12.1 Å². The molecule has 1 saturated heterocycles. The van der Waals surface area contributed by atoms with E-state index in [0.717, 1.165) is 86.8 Å². The number of unbranched alkanes of at least 4 members (excludes halogenated alkanes) is 1. The molecule has 3 heterocycles. The van der Waals surface area contributed by atoms with Gasteiger partial charge in [-0.15, -0.1) is 0 Å². The highest BCUT2D eigenvalue weighted by molar-refractivity contribution is 7.90. The Kier molecular flexibility index (Phi) is 9.83. The lowest BCUT2D eigenvalue weighted by atomic mass is 10.0. The first-order valence-electron chi connectivity index (χ1n) is 17.1. The number of amides is 1. The number of hydrogen-bond acceptors (Lipinski definition) is 11. The predicted octanol–water partition coefficient (Wildman–Crippen LogP) is 6.53. The number of benzene rings is 4. The van der Waals surface area contributed by atoms with E-state index in [9.17, 15) is 38.7 Å². The average molecular weight is 748 g/mol. The van der Waals surface area contributed by atoms with Crippen LogP contribution in [0.2, 0.25) is 0 Å². The maximum Gasteiger partial charge on any atom is 0.301 e. The minimum absolute atomic E-state index is 0.167. The molecule has 7 rings (SSSR count). The van der Waals surface area contributed by atoms with Gasteiger partial charge < -0.3 is 14.3 Å². The molecule has 2 N–H and O–H groups in total. The third kappa shape index (κ3) is 7.35. The number of nitrogens with zero attached hydrogens (tertiary/aromatic N) is 5. The van der Waals surface area contributed by atoms with Gasteiger partial charge in [-0.1, -0.05) is 18.2 Å². The minimum atomic E-state index is -4.58. The summed E-state index contributed by atoms with van der Waals surface area (Å²) in [6, 6.07) is 23.1. The zero-order valence-corrected chi connectivity index (χ0v) is 29.5. The summed E-state index contributed by atoms with van der Waals surface area (Å²) in [7, 11) is -4.58. The Labute approximate surface area is 308 Å². The highest BCUT2D eigenvalue weighted by Gasteiger charge is 2.29. The van der Waals surface area contributed by atoms with Crippen molar-refractivity contribution in [3.05, 3.63) is 128 Å². The number of piperazine rings is 1. The van der Waals surface area contributed by atoms with Gasteiger partial charge in [-0.05, 0) is 79.4 Å². The van der Waals surface area contributed by atoms with Crippen molar-refractivity contribution >= 4 is 54.9 Å². The van der Waals surface area contributed by atoms with Crippen molar-refractivity contribution in [1.29, 1.82) is 5.26 Å². The van der Waals surface area contributed by atoms with E-state index in [1.165, 1.54) is 29.8 Å². The second kappa shape index (κ2) is 14.8. The Bertz CT molecular complexity index is 2580. The molecule has 0 atom stereocenters. The van der Waals surface area contributed by atoms with Crippen LogP contribution in [0, 0.1) is 31.6 Å². The zero-order chi connectivity index (χ0) is 38.0. The maximum absolute atomic E-state index is 13.6. The number of non-ortho nitro benzene ring substituents is 2. The molecule has 54 heavy (non-hydrogen) atoms. The number of carbonyl (C=O) groups is 1. The molecule has 4 aromatic carbocycles. The van der Waals surface area contributed by atoms with E-state index in [1.807, 2.05) is 41.3 Å². The number of H-pyrrole nitrogens is 1. The topological polar surface area (TPSA) is 209 Å². The van der Waals surface area contributed by atoms with Gasteiger partial charge in [0.1, 0.15) is 5.58 Å². The molecule has 1 fully saturated rings. The van der Waals surface area contributed by atoms with Crippen molar-refractivity contribution in [3.8, 4) is 17.2 Å². The third-order valence-electron chi connectivity index (χ3n) is 9.59. The number of nitro groups is 2. The smallest absolute Gasteiger partial charge is 0.301 e. The number of nitriles is 1. The van der Waals surface area contributed by atoms with Crippen molar-refractivity contribution in [2.24, 2.45) is 0 Å². The highest BCUT2D eigenvalue weighted by Crippen LogP contribution is 2.38. The second-order valence-corrected chi connectivity index (χ2v) is 14.6. The second-order valence-electron chi connectivity index (χ2n) is 13.0. The molecule has 0 spiro atoms. The van der Waals surface area contributed by atoms with Gasteiger partial charge in [0.05, 0.1) is 26.4 Å². The summed E-state index contributed by atoms with van der Waals surface area (Å²) in [4.78, 5) is 42.6. The van der Waals surface area contributed by atoms with Crippen molar-refractivity contribution in [2.45, 2.75) is 24.2 Å². The Morgan fingerprint density at radius 3 is 2.37 bits per heavy atom. The number of hydrogen-bond donors (Lipinski definition) is 2. The van der Waals surface area contributed by atoms with Gasteiger partial charge in [-0.3, -0.25) is 29.9 Å². The SMILES string of the molecule is N#Cc1ccc2[nH]cc(CCCCN3CCN(c4ccc5oc(C(=O)NS(=O)(=O)c6cccc([N+](=O)[O-])c6)c(-c6cccc([N+](=O)[O-])c6)c5c4)CC3)c2c1. The Morgan fingerprint density at radius 1 is 0.889 bits per heavy atom. The van der Waals surface area contributed by atoms with Gasteiger partial charge in [0.25, 0.3) is 21.4 Å². The quantitative estimate of drug-likeness (QED) is 0.0781. The van der Waals surface area contributed by atoms with Crippen LogP contribution in [0.1, 0.15) is 34.5 Å². The first-order chi connectivity index (χ1) is 26.0. The summed E-state index contributed by atoms with van der Waals surface area (Å²) in [6.07, 6.45) is 4.95. The van der Waals surface area contributed by atoms with Crippen LogP contribution in [0.5, 0.6) is 0 Å². The number of furan rings is 1. The molecule has 0 aliphatic carbocycles. The number of aryl methyl sites for hydroxylation is 1. The number of sulfonamides is 1. The minimum Gasteiger partial charge on any atom is -0.450 e. The lowest BCUT2D eigenvalue weighted by molar-refractivity contribution is -0.385.